The van der Waals surface area contributed by atoms with Crippen LogP contribution in [0.15, 0.2) is 42.5 Å². The molecule has 3 fully saturated rings. The van der Waals surface area contributed by atoms with Crippen LogP contribution in [0.25, 0.3) is 10.8 Å². The molecule has 5 rings (SSSR count). The Hall–Kier alpha value is -2.36. The highest BCUT2D eigenvalue weighted by Crippen LogP contribution is 2.57. The van der Waals surface area contributed by atoms with Crippen LogP contribution in [0, 0.1) is 17.8 Å². The quantitative estimate of drug-likeness (QED) is 0.835. The van der Waals surface area contributed by atoms with E-state index in [2.05, 4.69) is 36.4 Å². The smallest absolute Gasteiger partial charge is 0.416 e. The number of nitrogens with zero attached hydrogens (tertiary/aromatic N) is 1. The number of carbonyl (C=O) groups excluding carboxylic acids is 2. The molecule has 0 aromatic heterocycles. The summed E-state index contributed by atoms with van der Waals surface area (Å²) < 4.78 is 4.99. The lowest BCUT2D eigenvalue weighted by Crippen LogP contribution is -2.41. The van der Waals surface area contributed by atoms with Crippen LogP contribution in [0.3, 0.4) is 0 Å². The Morgan fingerprint density at radius 3 is 2.64 bits per heavy atom. The minimum atomic E-state index is -0.468. The summed E-state index contributed by atoms with van der Waals surface area (Å²) in [4.78, 5) is 26.3. The maximum Gasteiger partial charge on any atom is 0.416 e. The molecule has 0 spiro atoms. The topological polar surface area (TPSA) is 46.6 Å². The fourth-order valence-electron chi connectivity index (χ4n) is 5.31. The Balaban J connectivity index is 1.53. The summed E-state index contributed by atoms with van der Waals surface area (Å²) in [6.45, 7) is 0.724. The van der Waals surface area contributed by atoms with Crippen molar-refractivity contribution in [2.75, 3.05) is 13.2 Å². The molecule has 2 bridgehead atoms. The standard InChI is InChI=1S/C21H21NO3/c23-20(22-9-10-25-21(22)24)19-17-8-7-16(12-17)18(19)15-6-5-13-3-1-2-4-14(13)11-15/h1-6,11,16-19H,7-10,12H2. The number of benzene rings is 2. The van der Waals surface area contributed by atoms with Gasteiger partial charge < -0.3 is 4.74 Å². The first-order valence-electron chi connectivity index (χ1n) is 9.19. The van der Waals surface area contributed by atoms with Crippen molar-refractivity contribution in [2.24, 2.45) is 17.8 Å². The summed E-state index contributed by atoms with van der Waals surface area (Å²) in [6.07, 6.45) is 2.94. The molecule has 3 aliphatic rings. The second kappa shape index (κ2) is 5.58. The highest BCUT2D eigenvalue weighted by Gasteiger charge is 2.53. The molecule has 2 aromatic carbocycles. The maximum atomic E-state index is 13.1. The van der Waals surface area contributed by atoms with Crippen molar-refractivity contribution in [1.29, 1.82) is 0 Å². The first-order valence-corrected chi connectivity index (χ1v) is 9.19. The summed E-state index contributed by atoms with van der Waals surface area (Å²) in [5, 5.41) is 2.44. The van der Waals surface area contributed by atoms with Crippen molar-refractivity contribution in [3.8, 4) is 0 Å². The first-order chi connectivity index (χ1) is 12.2. The molecule has 1 saturated heterocycles. The van der Waals surface area contributed by atoms with Gasteiger partial charge in [0.25, 0.3) is 0 Å². The van der Waals surface area contributed by atoms with Gasteiger partial charge in [-0.2, -0.15) is 0 Å². The van der Waals surface area contributed by atoms with E-state index in [0.29, 0.717) is 25.0 Å². The molecule has 4 nitrogen and oxygen atoms in total. The molecular weight excluding hydrogens is 314 g/mol. The van der Waals surface area contributed by atoms with Crippen molar-refractivity contribution in [1.82, 2.24) is 4.90 Å². The molecule has 4 heteroatoms. The molecule has 2 saturated carbocycles. The van der Waals surface area contributed by atoms with Gasteiger partial charge in [-0.25, -0.2) is 9.69 Å². The lowest BCUT2D eigenvalue weighted by molar-refractivity contribution is -0.134. The van der Waals surface area contributed by atoms with E-state index in [1.165, 1.54) is 27.7 Å². The molecule has 2 amide bonds. The number of amides is 2. The van der Waals surface area contributed by atoms with E-state index >= 15 is 0 Å². The van der Waals surface area contributed by atoms with Gasteiger partial charge in [0.05, 0.1) is 6.54 Å². The van der Waals surface area contributed by atoms with Crippen LogP contribution in [-0.2, 0) is 9.53 Å². The van der Waals surface area contributed by atoms with E-state index in [9.17, 15) is 9.59 Å². The number of rotatable bonds is 2. The van der Waals surface area contributed by atoms with Gasteiger partial charge in [-0.1, -0.05) is 42.5 Å². The van der Waals surface area contributed by atoms with Crippen molar-refractivity contribution >= 4 is 22.8 Å². The van der Waals surface area contributed by atoms with Crippen LogP contribution in [0.1, 0.15) is 30.7 Å². The van der Waals surface area contributed by atoms with E-state index < -0.39 is 6.09 Å². The average Bonchev–Trinajstić information content (AvgIpc) is 3.36. The van der Waals surface area contributed by atoms with Crippen LogP contribution in [-0.4, -0.2) is 30.1 Å². The van der Waals surface area contributed by atoms with Crippen LogP contribution in [0.2, 0.25) is 0 Å². The fraction of sp³-hybridized carbons (Fsp3) is 0.429. The Morgan fingerprint density at radius 2 is 1.84 bits per heavy atom. The second-order valence-corrected chi connectivity index (χ2v) is 7.60. The predicted molar refractivity (Wildman–Crippen MR) is 94.1 cm³/mol. The number of fused-ring (bicyclic) bond motifs is 3. The minimum Gasteiger partial charge on any atom is -0.447 e. The summed E-state index contributed by atoms with van der Waals surface area (Å²) in [6, 6.07) is 14.9. The number of imide groups is 1. The molecule has 2 aliphatic carbocycles. The third-order valence-corrected chi connectivity index (χ3v) is 6.39. The molecule has 1 heterocycles. The van der Waals surface area contributed by atoms with E-state index in [1.54, 1.807) is 0 Å². The van der Waals surface area contributed by atoms with Crippen molar-refractivity contribution in [3.63, 3.8) is 0 Å². The third kappa shape index (κ3) is 2.27. The van der Waals surface area contributed by atoms with Gasteiger partial charge in [-0.15, -0.1) is 0 Å². The molecule has 128 valence electrons. The molecule has 0 radical (unpaired) electrons. The number of carbonyl (C=O) groups is 2. The molecule has 25 heavy (non-hydrogen) atoms. The van der Waals surface area contributed by atoms with Crippen molar-refractivity contribution in [2.45, 2.75) is 25.2 Å². The van der Waals surface area contributed by atoms with Crippen LogP contribution >= 0.6 is 0 Å². The highest BCUT2D eigenvalue weighted by molar-refractivity contribution is 5.95. The van der Waals surface area contributed by atoms with Gasteiger partial charge in [0, 0.05) is 5.92 Å². The molecule has 2 aromatic rings. The zero-order valence-electron chi connectivity index (χ0n) is 14.1. The van der Waals surface area contributed by atoms with Crippen LogP contribution < -0.4 is 0 Å². The minimum absolute atomic E-state index is 0.0205. The normalized spacial score (nSPS) is 30.9. The molecular formula is C21H21NO3. The van der Waals surface area contributed by atoms with Crippen LogP contribution in [0.5, 0.6) is 0 Å². The van der Waals surface area contributed by atoms with E-state index in [4.69, 9.17) is 4.74 Å². The largest absolute Gasteiger partial charge is 0.447 e. The zero-order valence-corrected chi connectivity index (χ0v) is 14.1. The van der Waals surface area contributed by atoms with Gasteiger partial charge in [-0.3, -0.25) is 4.79 Å². The van der Waals surface area contributed by atoms with Gasteiger partial charge in [0.15, 0.2) is 0 Å². The first kappa shape index (κ1) is 14.9. The van der Waals surface area contributed by atoms with Crippen molar-refractivity contribution in [3.05, 3.63) is 48.0 Å². The lowest BCUT2D eigenvalue weighted by Gasteiger charge is -2.32. The number of cyclic esters (lactones) is 1. The SMILES string of the molecule is O=C1OCCN1C(=O)C1C2CCC(C2)C1c1ccc2ccccc2c1. The number of hydrogen-bond donors (Lipinski definition) is 0. The Bertz CT molecular complexity index is 861. The van der Waals surface area contributed by atoms with Gasteiger partial charge in [-0.05, 0) is 53.4 Å². The molecule has 1 aliphatic heterocycles. The summed E-state index contributed by atoms with van der Waals surface area (Å²) in [7, 11) is 0. The van der Waals surface area contributed by atoms with Gasteiger partial charge >= 0.3 is 6.09 Å². The summed E-state index contributed by atoms with van der Waals surface area (Å²) in [5.41, 5.74) is 1.25. The number of hydrogen-bond acceptors (Lipinski definition) is 3. The highest BCUT2D eigenvalue weighted by atomic mass is 16.6. The third-order valence-electron chi connectivity index (χ3n) is 6.39. The monoisotopic (exact) mass is 335 g/mol. The van der Waals surface area contributed by atoms with Gasteiger partial charge in [0.2, 0.25) is 5.91 Å². The van der Waals surface area contributed by atoms with Crippen LogP contribution in [0.4, 0.5) is 4.79 Å². The Labute approximate surface area is 146 Å². The number of ether oxygens (including phenoxy) is 1. The molecule has 4 unspecified atom stereocenters. The predicted octanol–water partition coefficient (Wildman–Crippen LogP) is 3.95. The second-order valence-electron chi connectivity index (χ2n) is 7.60. The average molecular weight is 335 g/mol. The lowest BCUT2D eigenvalue weighted by atomic mass is 9.74. The van der Waals surface area contributed by atoms with E-state index in [-0.39, 0.29) is 17.7 Å². The fourth-order valence-corrected chi connectivity index (χ4v) is 5.31. The summed E-state index contributed by atoms with van der Waals surface area (Å²) >= 11 is 0. The molecule has 0 N–H and O–H groups in total. The van der Waals surface area contributed by atoms with Gasteiger partial charge in [0.1, 0.15) is 6.61 Å². The Kier molecular flexibility index (Phi) is 3.34. The van der Waals surface area contributed by atoms with Crippen molar-refractivity contribution < 1.29 is 14.3 Å². The summed E-state index contributed by atoms with van der Waals surface area (Å²) in [5.74, 6) is 1.09. The maximum absolute atomic E-state index is 13.1. The Morgan fingerprint density at radius 1 is 1.04 bits per heavy atom. The van der Waals surface area contributed by atoms with E-state index in [0.717, 1.165) is 12.8 Å². The zero-order chi connectivity index (χ0) is 17.0. The van der Waals surface area contributed by atoms with E-state index in [1.807, 2.05) is 6.07 Å². The molecule has 4 atom stereocenters.